The summed E-state index contributed by atoms with van der Waals surface area (Å²) in [6, 6.07) is 16.1. The van der Waals surface area contributed by atoms with Crippen LogP contribution in [0.25, 0.3) is 22.3 Å². The second kappa shape index (κ2) is 9.69. The molecule has 1 saturated heterocycles. The van der Waals surface area contributed by atoms with Crippen LogP contribution in [0.5, 0.6) is 0 Å². The third-order valence-electron chi connectivity index (χ3n) is 6.23. The molecule has 0 bridgehead atoms. The SMILES string of the molecule is CCOC(=O)[C@H]1CCCN(c2nc(-c3cccc(F)c3)c3c(N)n(Cc4ccccc4)nc3n2)C1. The van der Waals surface area contributed by atoms with E-state index in [-0.39, 0.29) is 17.7 Å². The molecule has 2 N–H and O–H groups in total. The zero-order valence-corrected chi connectivity index (χ0v) is 19.5. The molecule has 9 heteroatoms. The van der Waals surface area contributed by atoms with Crippen LogP contribution in [0.3, 0.4) is 0 Å². The van der Waals surface area contributed by atoms with E-state index in [1.807, 2.05) is 35.2 Å². The Morgan fingerprint density at radius 1 is 1.17 bits per heavy atom. The van der Waals surface area contributed by atoms with Crippen molar-refractivity contribution < 1.29 is 13.9 Å². The lowest BCUT2D eigenvalue weighted by atomic mass is 9.98. The average molecular weight is 475 g/mol. The maximum atomic E-state index is 14.2. The molecule has 0 spiro atoms. The minimum atomic E-state index is -0.369. The summed E-state index contributed by atoms with van der Waals surface area (Å²) in [5.41, 5.74) is 9.11. The van der Waals surface area contributed by atoms with Crippen molar-refractivity contribution in [1.82, 2.24) is 19.7 Å². The number of benzene rings is 2. The molecule has 35 heavy (non-hydrogen) atoms. The van der Waals surface area contributed by atoms with E-state index < -0.39 is 0 Å². The number of fused-ring (bicyclic) bond motifs is 1. The highest BCUT2D eigenvalue weighted by molar-refractivity contribution is 5.99. The van der Waals surface area contributed by atoms with E-state index in [4.69, 9.17) is 20.4 Å². The Balaban J connectivity index is 1.60. The van der Waals surface area contributed by atoms with Gasteiger partial charge in [-0.15, -0.1) is 5.10 Å². The van der Waals surface area contributed by atoms with Gasteiger partial charge in [-0.05, 0) is 37.5 Å². The molecule has 0 aliphatic carbocycles. The number of hydrogen-bond donors (Lipinski definition) is 1. The number of carbonyl (C=O) groups is 1. The number of rotatable bonds is 6. The van der Waals surface area contributed by atoms with Crippen LogP contribution in [0.2, 0.25) is 0 Å². The number of nitrogen functional groups attached to an aromatic ring is 1. The third-order valence-corrected chi connectivity index (χ3v) is 6.23. The Morgan fingerprint density at radius 3 is 2.77 bits per heavy atom. The van der Waals surface area contributed by atoms with Crippen molar-refractivity contribution in [3.8, 4) is 11.3 Å². The van der Waals surface area contributed by atoms with Crippen LogP contribution in [0, 0.1) is 11.7 Å². The third kappa shape index (κ3) is 4.66. The first-order valence-electron chi connectivity index (χ1n) is 11.8. The summed E-state index contributed by atoms with van der Waals surface area (Å²) in [6.07, 6.45) is 1.57. The van der Waals surface area contributed by atoms with Crippen molar-refractivity contribution in [2.45, 2.75) is 26.3 Å². The lowest BCUT2D eigenvalue weighted by Gasteiger charge is -2.31. The van der Waals surface area contributed by atoms with E-state index in [1.165, 1.54) is 12.1 Å². The molecule has 1 aliphatic rings. The number of carbonyl (C=O) groups excluding carboxylic acids is 1. The fourth-order valence-corrected chi connectivity index (χ4v) is 4.52. The molecule has 5 rings (SSSR count). The first kappa shape index (κ1) is 22.8. The van der Waals surface area contributed by atoms with Gasteiger partial charge >= 0.3 is 5.97 Å². The number of aromatic nitrogens is 4. The number of nitrogens with zero attached hydrogens (tertiary/aromatic N) is 5. The molecule has 1 atom stereocenters. The van der Waals surface area contributed by atoms with Gasteiger partial charge in [0.05, 0.1) is 30.1 Å². The van der Waals surface area contributed by atoms with E-state index in [0.29, 0.717) is 60.3 Å². The van der Waals surface area contributed by atoms with Crippen LogP contribution < -0.4 is 10.6 Å². The number of ether oxygens (including phenoxy) is 1. The molecule has 2 aromatic carbocycles. The molecule has 1 fully saturated rings. The van der Waals surface area contributed by atoms with Gasteiger partial charge in [-0.25, -0.2) is 14.1 Å². The zero-order valence-electron chi connectivity index (χ0n) is 19.5. The van der Waals surface area contributed by atoms with Crippen molar-refractivity contribution in [3.63, 3.8) is 0 Å². The molecule has 4 aromatic rings. The van der Waals surface area contributed by atoms with Crippen molar-refractivity contribution in [2.24, 2.45) is 5.92 Å². The standard InChI is InChI=1S/C26H27FN6O2/c1-2-35-25(34)19-11-7-13-32(16-19)26-29-22(18-10-6-12-20(27)14-18)21-23(28)33(31-24(21)30-26)15-17-8-4-3-5-9-17/h3-6,8-10,12,14,19H,2,7,11,13,15-16,28H2,1H3/t19-/m0/s1. The fourth-order valence-electron chi connectivity index (χ4n) is 4.52. The molecule has 0 saturated carbocycles. The van der Waals surface area contributed by atoms with Crippen LogP contribution in [-0.2, 0) is 16.1 Å². The molecule has 0 amide bonds. The predicted octanol–water partition coefficient (Wildman–Crippen LogP) is 4.04. The second-order valence-corrected chi connectivity index (χ2v) is 8.65. The first-order valence-corrected chi connectivity index (χ1v) is 11.8. The summed E-state index contributed by atoms with van der Waals surface area (Å²) in [5, 5.41) is 5.26. The van der Waals surface area contributed by atoms with Gasteiger partial charge in [0.15, 0.2) is 5.65 Å². The molecular formula is C26H27FN6O2. The Morgan fingerprint density at radius 2 is 2.00 bits per heavy atom. The second-order valence-electron chi connectivity index (χ2n) is 8.65. The molecule has 180 valence electrons. The van der Waals surface area contributed by atoms with Crippen molar-refractivity contribution >= 4 is 28.8 Å². The average Bonchev–Trinajstić information content (AvgIpc) is 3.19. The van der Waals surface area contributed by atoms with Crippen molar-refractivity contribution in [2.75, 3.05) is 30.3 Å². The number of nitrogens with two attached hydrogens (primary N) is 1. The highest BCUT2D eigenvalue weighted by atomic mass is 19.1. The summed E-state index contributed by atoms with van der Waals surface area (Å²) in [6.45, 7) is 3.77. The molecule has 1 aliphatic heterocycles. The van der Waals surface area contributed by atoms with Gasteiger partial charge < -0.3 is 15.4 Å². The molecular weight excluding hydrogens is 447 g/mol. The van der Waals surface area contributed by atoms with Crippen LogP contribution in [0.4, 0.5) is 16.2 Å². The Hall–Kier alpha value is -4.01. The van der Waals surface area contributed by atoms with E-state index in [1.54, 1.807) is 23.7 Å². The number of hydrogen-bond acceptors (Lipinski definition) is 7. The maximum absolute atomic E-state index is 14.2. The quantitative estimate of drug-likeness (QED) is 0.421. The van der Waals surface area contributed by atoms with Crippen LogP contribution in [0.15, 0.2) is 54.6 Å². The summed E-state index contributed by atoms with van der Waals surface area (Å²) in [7, 11) is 0. The summed E-state index contributed by atoms with van der Waals surface area (Å²) in [4.78, 5) is 23.9. The Kier molecular flexibility index (Phi) is 6.31. The van der Waals surface area contributed by atoms with Crippen LogP contribution in [-0.4, -0.2) is 45.4 Å². The first-order chi connectivity index (χ1) is 17.0. The molecule has 2 aromatic heterocycles. The topological polar surface area (TPSA) is 99.2 Å². The normalized spacial score (nSPS) is 15.9. The van der Waals surface area contributed by atoms with Gasteiger partial charge in [-0.1, -0.05) is 42.5 Å². The number of esters is 1. The van der Waals surface area contributed by atoms with E-state index in [9.17, 15) is 9.18 Å². The highest BCUT2D eigenvalue weighted by Gasteiger charge is 2.29. The highest BCUT2D eigenvalue weighted by Crippen LogP contribution is 2.33. The van der Waals surface area contributed by atoms with Crippen molar-refractivity contribution in [3.05, 3.63) is 66.0 Å². The van der Waals surface area contributed by atoms with Gasteiger partial charge in [0, 0.05) is 18.7 Å². The van der Waals surface area contributed by atoms with Gasteiger partial charge in [0.1, 0.15) is 11.6 Å². The number of halogens is 1. The number of anilines is 2. The van der Waals surface area contributed by atoms with Crippen LogP contribution >= 0.6 is 0 Å². The Bertz CT molecular complexity index is 1360. The van der Waals surface area contributed by atoms with Gasteiger partial charge in [0.2, 0.25) is 5.95 Å². The fraction of sp³-hybridized carbons (Fsp3) is 0.308. The Labute approximate surface area is 202 Å². The lowest BCUT2D eigenvalue weighted by molar-refractivity contribution is -0.148. The summed E-state index contributed by atoms with van der Waals surface area (Å²) in [5.74, 6) is 0.0283. The largest absolute Gasteiger partial charge is 0.466 e. The lowest BCUT2D eigenvalue weighted by Crippen LogP contribution is -2.40. The zero-order chi connectivity index (χ0) is 24.4. The molecule has 0 radical (unpaired) electrons. The molecule has 3 heterocycles. The number of piperidine rings is 1. The summed E-state index contributed by atoms with van der Waals surface area (Å²) >= 11 is 0. The van der Waals surface area contributed by atoms with Crippen molar-refractivity contribution in [1.29, 1.82) is 0 Å². The van der Waals surface area contributed by atoms with Gasteiger partial charge in [-0.3, -0.25) is 4.79 Å². The van der Waals surface area contributed by atoms with Gasteiger partial charge in [-0.2, -0.15) is 4.98 Å². The van der Waals surface area contributed by atoms with E-state index >= 15 is 0 Å². The van der Waals surface area contributed by atoms with E-state index in [0.717, 1.165) is 18.4 Å². The minimum Gasteiger partial charge on any atom is -0.466 e. The van der Waals surface area contributed by atoms with E-state index in [2.05, 4.69) is 5.10 Å². The monoisotopic (exact) mass is 474 g/mol. The van der Waals surface area contributed by atoms with Crippen LogP contribution in [0.1, 0.15) is 25.3 Å². The van der Waals surface area contributed by atoms with Gasteiger partial charge in [0.25, 0.3) is 0 Å². The smallest absolute Gasteiger partial charge is 0.310 e. The predicted molar refractivity (Wildman–Crippen MR) is 132 cm³/mol. The molecule has 0 unspecified atom stereocenters. The minimum absolute atomic E-state index is 0.208. The summed E-state index contributed by atoms with van der Waals surface area (Å²) < 4.78 is 21.1. The molecule has 8 nitrogen and oxygen atoms in total. The maximum Gasteiger partial charge on any atom is 0.310 e.